The fourth-order valence-electron chi connectivity index (χ4n) is 2.38. The highest BCUT2D eigenvalue weighted by Crippen LogP contribution is 2.27. The molecule has 0 aliphatic carbocycles. The first kappa shape index (κ1) is 15.6. The smallest absolute Gasteiger partial charge is 0.232 e. The van der Waals surface area contributed by atoms with Gasteiger partial charge in [-0.2, -0.15) is 10.4 Å². The van der Waals surface area contributed by atoms with E-state index < -0.39 is 12.1 Å². The van der Waals surface area contributed by atoms with Gasteiger partial charge in [0.25, 0.3) is 6.43 Å². The van der Waals surface area contributed by atoms with Gasteiger partial charge in [-0.1, -0.05) is 54.6 Å². The largest absolute Gasteiger partial charge is 0.283 e. The summed E-state index contributed by atoms with van der Waals surface area (Å²) in [7, 11) is 0. The van der Waals surface area contributed by atoms with Gasteiger partial charge in [0.2, 0.25) is 0 Å². The number of alkyl halides is 2. The Balaban J connectivity index is 2.15. The van der Waals surface area contributed by atoms with Crippen LogP contribution in [0.2, 0.25) is 0 Å². The molecule has 5 heteroatoms. The second-order valence-electron chi connectivity index (χ2n) is 5.05. The molecule has 0 saturated heterocycles. The van der Waals surface area contributed by atoms with Gasteiger partial charge in [-0.05, 0) is 23.8 Å². The van der Waals surface area contributed by atoms with Crippen LogP contribution < -0.4 is 0 Å². The van der Waals surface area contributed by atoms with Gasteiger partial charge in [0, 0.05) is 0 Å². The lowest BCUT2D eigenvalue weighted by atomic mass is 10.1. The van der Waals surface area contributed by atoms with Crippen molar-refractivity contribution in [1.82, 2.24) is 9.78 Å². The van der Waals surface area contributed by atoms with Gasteiger partial charge < -0.3 is 0 Å². The summed E-state index contributed by atoms with van der Waals surface area (Å²) in [6.07, 6.45) is 0.597. The monoisotopic (exact) mass is 321 g/mol. The highest BCUT2D eigenvalue weighted by atomic mass is 19.3. The molecule has 0 fully saturated rings. The Labute approximate surface area is 138 Å². The number of nitrogens with zero attached hydrogens (tertiary/aromatic N) is 3. The molecule has 0 saturated carbocycles. The van der Waals surface area contributed by atoms with E-state index in [1.165, 1.54) is 4.68 Å². The quantitative estimate of drug-likeness (QED) is 0.689. The Morgan fingerprint density at radius 1 is 0.958 bits per heavy atom. The highest BCUT2D eigenvalue weighted by molar-refractivity contribution is 5.72. The topological polar surface area (TPSA) is 41.6 Å². The van der Waals surface area contributed by atoms with Crippen molar-refractivity contribution >= 4 is 12.2 Å². The average Bonchev–Trinajstić information content (AvgIpc) is 3.00. The molecule has 0 N–H and O–H groups in total. The van der Waals surface area contributed by atoms with Gasteiger partial charge in [-0.3, -0.25) is 0 Å². The molecule has 0 aliphatic heterocycles. The van der Waals surface area contributed by atoms with Crippen molar-refractivity contribution in [3.63, 3.8) is 0 Å². The summed E-state index contributed by atoms with van der Waals surface area (Å²) in [4.78, 5) is 0. The van der Waals surface area contributed by atoms with E-state index >= 15 is 0 Å². The zero-order valence-corrected chi connectivity index (χ0v) is 12.6. The van der Waals surface area contributed by atoms with E-state index in [1.807, 2.05) is 42.5 Å². The molecule has 0 atom stereocenters. The number of para-hydroxylation sites is 1. The van der Waals surface area contributed by atoms with Crippen molar-refractivity contribution < 1.29 is 8.78 Å². The molecule has 1 heterocycles. The lowest BCUT2D eigenvalue weighted by Crippen LogP contribution is -1.99. The standard InChI is InChI=1S/C19H13F2N3/c20-19(21)18-16(13-22)17(12-11-14-7-3-1-4-8-14)24(23-18)15-9-5-2-6-10-15/h1-12,19H. The molecule has 24 heavy (non-hydrogen) atoms. The van der Waals surface area contributed by atoms with Gasteiger partial charge in [-0.25, -0.2) is 13.5 Å². The molecule has 0 unspecified atom stereocenters. The summed E-state index contributed by atoms with van der Waals surface area (Å²) in [6.45, 7) is 0. The number of aromatic nitrogens is 2. The first-order valence-electron chi connectivity index (χ1n) is 7.30. The SMILES string of the molecule is N#Cc1c(C(F)F)nn(-c2ccccc2)c1C=Cc1ccccc1. The zero-order valence-electron chi connectivity index (χ0n) is 12.6. The first-order valence-corrected chi connectivity index (χ1v) is 7.30. The summed E-state index contributed by atoms with van der Waals surface area (Å²) < 4.78 is 27.8. The van der Waals surface area contributed by atoms with Crippen LogP contribution in [0.25, 0.3) is 17.8 Å². The van der Waals surface area contributed by atoms with Crippen LogP contribution in [-0.2, 0) is 0 Å². The maximum Gasteiger partial charge on any atom is 0.283 e. The predicted molar refractivity (Wildman–Crippen MR) is 88.6 cm³/mol. The van der Waals surface area contributed by atoms with Crippen LogP contribution in [0.3, 0.4) is 0 Å². The lowest BCUT2D eigenvalue weighted by molar-refractivity contribution is 0.145. The second kappa shape index (κ2) is 6.88. The summed E-state index contributed by atoms with van der Waals surface area (Å²) in [6, 6.07) is 20.2. The van der Waals surface area contributed by atoms with Crippen molar-refractivity contribution in [1.29, 1.82) is 5.26 Å². The minimum Gasteiger partial charge on any atom is -0.232 e. The van der Waals surface area contributed by atoms with Crippen LogP contribution in [0.15, 0.2) is 60.7 Å². The van der Waals surface area contributed by atoms with Crippen molar-refractivity contribution in [2.75, 3.05) is 0 Å². The zero-order chi connectivity index (χ0) is 16.9. The minimum absolute atomic E-state index is 0.110. The van der Waals surface area contributed by atoms with Crippen LogP contribution in [-0.4, -0.2) is 9.78 Å². The van der Waals surface area contributed by atoms with Gasteiger partial charge in [0.05, 0.1) is 11.4 Å². The lowest BCUT2D eigenvalue weighted by Gasteiger charge is -2.04. The molecule has 1 aromatic heterocycles. The summed E-state index contributed by atoms with van der Waals surface area (Å²) in [5.41, 5.74) is 1.24. The van der Waals surface area contributed by atoms with Crippen molar-refractivity contribution in [3.8, 4) is 11.8 Å². The summed E-state index contributed by atoms with van der Waals surface area (Å²) >= 11 is 0. The average molecular weight is 321 g/mol. The second-order valence-corrected chi connectivity index (χ2v) is 5.05. The number of hydrogen-bond acceptors (Lipinski definition) is 2. The Morgan fingerprint density at radius 2 is 1.58 bits per heavy atom. The summed E-state index contributed by atoms with van der Waals surface area (Å²) in [5.74, 6) is 0. The maximum atomic E-state index is 13.2. The number of benzene rings is 2. The number of halogens is 2. The van der Waals surface area contributed by atoms with E-state index in [9.17, 15) is 14.0 Å². The van der Waals surface area contributed by atoms with E-state index in [-0.39, 0.29) is 5.56 Å². The van der Waals surface area contributed by atoms with E-state index in [0.29, 0.717) is 11.4 Å². The van der Waals surface area contributed by atoms with Crippen molar-refractivity contribution in [2.45, 2.75) is 6.43 Å². The third-order valence-corrected chi connectivity index (χ3v) is 3.50. The van der Waals surface area contributed by atoms with Crippen LogP contribution in [0.1, 0.15) is 28.9 Å². The van der Waals surface area contributed by atoms with Gasteiger partial charge in [0.1, 0.15) is 17.3 Å². The van der Waals surface area contributed by atoms with Crippen LogP contribution in [0, 0.1) is 11.3 Å². The molecule has 0 amide bonds. The predicted octanol–water partition coefficient (Wildman–Crippen LogP) is 4.85. The molecule has 0 spiro atoms. The summed E-state index contributed by atoms with van der Waals surface area (Å²) in [5, 5.41) is 13.3. The number of nitriles is 1. The van der Waals surface area contributed by atoms with Gasteiger partial charge in [0.15, 0.2) is 0 Å². The maximum absolute atomic E-state index is 13.2. The Bertz CT molecular complexity index is 892. The molecule has 0 bridgehead atoms. The van der Waals surface area contributed by atoms with E-state index in [0.717, 1.165) is 5.56 Å². The molecule has 2 aromatic carbocycles. The van der Waals surface area contributed by atoms with Crippen LogP contribution in [0.4, 0.5) is 8.78 Å². The first-order chi connectivity index (χ1) is 11.7. The molecular formula is C19H13F2N3. The molecule has 3 nitrogen and oxygen atoms in total. The number of hydrogen-bond donors (Lipinski definition) is 0. The Kier molecular flexibility index (Phi) is 4.48. The molecule has 3 aromatic rings. The molecule has 3 rings (SSSR count). The van der Waals surface area contributed by atoms with Gasteiger partial charge >= 0.3 is 0 Å². The van der Waals surface area contributed by atoms with Crippen LogP contribution in [0.5, 0.6) is 0 Å². The fraction of sp³-hybridized carbons (Fsp3) is 0.0526. The van der Waals surface area contributed by atoms with E-state index in [1.54, 1.807) is 36.4 Å². The highest BCUT2D eigenvalue weighted by Gasteiger charge is 2.23. The third kappa shape index (κ3) is 3.08. The number of rotatable bonds is 4. The van der Waals surface area contributed by atoms with Crippen molar-refractivity contribution in [2.24, 2.45) is 0 Å². The van der Waals surface area contributed by atoms with Crippen molar-refractivity contribution in [3.05, 3.63) is 83.2 Å². The van der Waals surface area contributed by atoms with Gasteiger partial charge in [-0.15, -0.1) is 0 Å². The molecular weight excluding hydrogens is 308 g/mol. The van der Waals surface area contributed by atoms with Crippen LogP contribution >= 0.6 is 0 Å². The minimum atomic E-state index is -2.81. The van der Waals surface area contributed by atoms with E-state index in [2.05, 4.69) is 5.10 Å². The van der Waals surface area contributed by atoms with E-state index in [4.69, 9.17) is 0 Å². The normalized spacial score (nSPS) is 11.1. The molecule has 0 radical (unpaired) electrons. The molecule has 118 valence electrons. The third-order valence-electron chi connectivity index (χ3n) is 3.50. The Hall–Kier alpha value is -3.26. The fourth-order valence-corrected chi connectivity index (χ4v) is 2.38. The Morgan fingerprint density at radius 3 is 2.17 bits per heavy atom. The molecule has 0 aliphatic rings.